The maximum absolute atomic E-state index is 14.5. The van der Waals surface area contributed by atoms with E-state index in [2.05, 4.69) is 11.3 Å². The summed E-state index contributed by atoms with van der Waals surface area (Å²) < 4.78 is 53.4. The van der Waals surface area contributed by atoms with Gasteiger partial charge in [0.1, 0.15) is 17.5 Å². The summed E-state index contributed by atoms with van der Waals surface area (Å²) in [7, 11) is -3.92. The summed E-state index contributed by atoms with van der Waals surface area (Å²) >= 11 is 0. The zero-order valence-electron chi connectivity index (χ0n) is 31.6. The molecule has 1 N–H and O–H groups in total. The van der Waals surface area contributed by atoms with Crippen molar-refractivity contribution in [3.8, 4) is 0 Å². The van der Waals surface area contributed by atoms with E-state index in [1.807, 2.05) is 6.08 Å². The number of sulfonamides is 1. The average Bonchev–Trinajstić information content (AvgIpc) is 4.04. The Labute approximate surface area is 321 Å². The number of nitrogens with zero attached hydrogens (tertiary/aromatic N) is 2. The Kier molecular flexibility index (Phi) is 11.4. The quantitative estimate of drug-likeness (QED) is 0.141. The monoisotopic (exact) mass is 783 g/mol. The lowest BCUT2D eigenvalue weighted by atomic mass is 9.90. The fourth-order valence-electron chi connectivity index (χ4n) is 7.53. The van der Waals surface area contributed by atoms with Gasteiger partial charge in [-0.3, -0.25) is 33.6 Å². The molecule has 5 aliphatic rings. The lowest BCUT2D eigenvalue weighted by Gasteiger charge is -2.29. The van der Waals surface area contributed by atoms with Crippen LogP contribution in [-0.2, 0) is 56.6 Å². The molecule has 0 aromatic heterocycles. The summed E-state index contributed by atoms with van der Waals surface area (Å²) in [6.07, 6.45) is 5.16. The SMILES string of the molecule is C=CC1C[C@]1(CC(=O)[C@@H]1CC(OC(=O)N2Cc3cccc(F)c3C2)CN1C(=O)[C@H](CCC(=O)/C=C/C1CC1)CC(=O)OC(C)(C)C)C(=O)NS(=O)(=O)C1CC1. The number of ether oxygens (including phenoxy) is 2. The Morgan fingerprint density at radius 3 is 2.44 bits per heavy atom. The molecule has 15 heteroatoms. The summed E-state index contributed by atoms with van der Waals surface area (Å²) in [6.45, 7) is 8.68. The molecule has 55 heavy (non-hydrogen) atoms. The second kappa shape index (κ2) is 15.6. The molecule has 1 aromatic carbocycles. The van der Waals surface area contributed by atoms with E-state index in [0.29, 0.717) is 29.9 Å². The van der Waals surface area contributed by atoms with Crippen molar-refractivity contribution in [2.45, 2.75) is 121 Å². The van der Waals surface area contributed by atoms with Crippen LogP contribution in [0.15, 0.2) is 43.0 Å². The number of amides is 3. The van der Waals surface area contributed by atoms with Crippen molar-refractivity contribution in [3.63, 3.8) is 0 Å². The molecule has 13 nitrogen and oxygen atoms in total. The Hall–Kier alpha value is -4.40. The molecular weight excluding hydrogens is 734 g/mol. The van der Waals surface area contributed by atoms with Crippen LogP contribution >= 0.6 is 0 Å². The molecule has 3 aliphatic carbocycles. The summed E-state index contributed by atoms with van der Waals surface area (Å²) in [5.41, 5.74) is -1.25. The van der Waals surface area contributed by atoms with Crippen molar-refractivity contribution in [1.82, 2.24) is 14.5 Å². The smallest absolute Gasteiger partial charge is 0.410 e. The predicted molar refractivity (Wildman–Crippen MR) is 197 cm³/mol. The van der Waals surface area contributed by atoms with Gasteiger partial charge in [0, 0.05) is 37.3 Å². The number of hydrogen-bond acceptors (Lipinski definition) is 10. The maximum atomic E-state index is 14.5. The van der Waals surface area contributed by atoms with Gasteiger partial charge in [0.05, 0.1) is 36.2 Å². The minimum absolute atomic E-state index is 0.0186. The molecule has 2 unspecified atom stereocenters. The van der Waals surface area contributed by atoms with Crippen LogP contribution in [0.25, 0.3) is 0 Å². The Bertz CT molecular complexity index is 1900. The van der Waals surface area contributed by atoms with E-state index in [1.165, 1.54) is 28.0 Å². The standard InChI is InChI=1S/C40H50FN3O10S/c1-5-27-19-40(27,37(49)42-55(51,52)30-15-16-30)20-34(46)33-18-29(53-38(50)43-21-26-7-6-8-32(41)31(26)23-43)22-44(33)36(48)25(17-35(47)54-39(2,3)4)12-14-28(45)13-11-24-9-10-24/h5-8,11,13,24-25,27,29-30,33H,1,9-10,12,14-23H2,2-4H3,(H,42,49)/b13-11+/t25-,27?,29?,33+,40-/m1/s1. The predicted octanol–water partition coefficient (Wildman–Crippen LogP) is 4.67. The van der Waals surface area contributed by atoms with E-state index in [4.69, 9.17) is 9.47 Å². The molecule has 4 fully saturated rings. The third kappa shape index (κ3) is 9.71. The second-order valence-corrected chi connectivity index (χ2v) is 18.7. The van der Waals surface area contributed by atoms with Gasteiger partial charge < -0.3 is 14.4 Å². The van der Waals surface area contributed by atoms with Crippen LogP contribution < -0.4 is 4.72 Å². The highest BCUT2D eigenvalue weighted by molar-refractivity contribution is 7.90. The fraction of sp³-hybridized carbons (Fsp3) is 0.600. The van der Waals surface area contributed by atoms with Gasteiger partial charge in [-0.05, 0) is 88.8 Å². The molecule has 1 saturated heterocycles. The van der Waals surface area contributed by atoms with Crippen molar-refractivity contribution in [2.24, 2.45) is 23.2 Å². The van der Waals surface area contributed by atoms with Gasteiger partial charge in [-0.1, -0.05) is 24.3 Å². The van der Waals surface area contributed by atoms with Crippen molar-refractivity contribution < 1.29 is 51.0 Å². The van der Waals surface area contributed by atoms with Crippen molar-refractivity contribution in [3.05, 3.63) is 60.0 Å². The first-order valence-corrected chi connectivity index (χ1v) is 20.6. The van der Waals surface area contributed by atoms with E-state index in [-0.39, 0.29) is 57.5 Å². The molecule has 3 amide bonds. The molecule has 0 spiro atoms. The van der Waals surface area contributed by atoms with Crippen LogP contribution in [0.3, 0.4) is 0 Å². The fourth-order valence-corrected chi connectivity index (χ4v) is 8.92. The van der Waals surface area contributed by atoms with Crippen LogP contribution in [0, 0.1) is 29.0 Å². The number of likely N-dealkylation sites (tertiary alicyclic amines) is 1. The normalized spacial score (nSPS) is 25.3. The van der Waals surface area contributed by atoms with Crippen LogP contribution in [0.5, 0.6) is 0 Å². The molecule has 2 heterocycles. The van der Waals surface area contributed by atoms with Gasteiger partial charge >= 0.3 is 12.1 Å². The number of fused-ring (bicyclic) bond motifs is 1. The topological polar surface area (TPSA) is 174 Å². The molecule has 5 atom stereocenters. The summed E-state index contributed by atoms with van der Waals surface area (Å²) in [5.74, 6) is -4.51. The van der Waals surface area contributed by atoms with E-state index < -0.39 is 92.2 Å². The first-order chi connectivity index (χ1) is 25.9. The van der Waals surface area contributed by atoms with E-state index in [9.17, 15) is 41.6 Å². The molecule has 6 rings (SSSR count). The maximum Gasteiger partial charge on any atom is 0.410 e. The molecule has 0 radical (unpaired) electrons. The van der Waals surface area contributed by atoms with Gasteiger partial charge in [0.2, 0.25) is 21.8 Å². The molecule has 2 aliphatic heterocycles. The highest BCUT2D eigenvalue weighted by Crippen LogP contribution is 2.57. The second-order valence-electron chi connectivity index (χ2n) is 16.7. The lowest BCUT2D eigenvalue weighted by molar-refractivity contribution is -0.159. The van der Waals surface area contributed by atoms with Gasteiger partial charge in [0.15, 0.2) is 11.6 Å². The summed E-state index contributed by atoms with van der Waals surface area (Å²) in [6, 6.07) is 3.36. The zero-order chi connectivity index (χ0) is 39.9. The highest BCUT2D eigenvalue weighted by atomic mass is 32.2. The average molecular weight is 784 g/mol. The Morgan fingerprint density at radius 1 is 1.09 bits per heavy atom. The molecule has 1 aromatic rings. The number of Topliss-reactive ketones (excluding diaryl/α,β-unsaturated/α-hetero) is 1. The number of carbonyl (C=O) groups is 6. The molecule has 0 bridgehead atoms. The van der Waals surface area contributed by atoms with Crippen molar-refractivity contribution >= 4 is 45.5 Å². The first kappa shape index (κ1) is 40.3. The van der Waals surface area contributed by atoms with Crippen LogP contribution in [0.1, 0.15) is 96.1 Å². The van der Waals surface area contributed by atoms with Gasteiger partial charge in [0.25, 0.3) is 0 Å². The number of hydrogen-bond donors (Lipinski definition) is 1. The van der Waals surface area contributed by atoms with Gasteiger partial charge in [-0.25, -0.2) is 17.6 Å². The number of benzene rings is 1. The molecule has 298 valence electrons. The van der Waals surface area contributed by atoms with Crippen LogP contribution in [-0.4, -0.2) is 83.2 Å². The number of halogens is 1. The first-order valence-electron chi connectivity index (χ1n) is 19.1. The van der Waals surface area contributed by atoms with E-state index in [1.54, 1.807) is 32.9 Å². The van der Waals surface area contributed by atoms with E-state index in [0.717, 1.165) is 12.8 Å². The molecular formula is C40H50FN3O10S. The number of allylic oxidation sites excluding steroid dienone is 3. The number of nitrogens with one attached hydrogen (secondary N) is 1. The van der Waals surface area contributed by atoms with E-state index >= 15 is 0 Å². The summed E-state index contributed by atoms with van der Waals surface area (Å²) in [4.78, 5) is 84.2. The largest absolute Gasteiger partial charge is 0.460 e. The Balaban J connectivity index is 1.23. The number of esters is 1. The van der Waals surface area contributed by atoms with Crippen molar-refractivity contribution in [2.75, 3.05) is 6.54 Å². The summed E-state index contributed by atoms with van der Waals surface area (Å²) in [5, 5.41) is -0.665. The van der Waals surface area contributed by atoms with Crippen LogP contribution in [0.4, 0.5) is 9.18 Å². The molecule has 3 saturated carbocycles. The third-order valence-electron chi connectivity index (χ3n) is 11.0. The minimum Gasteiger partial charge on any atom is -0.460 e. The number of ketones is 2. The number of carbonyl (C=O) groups excluding carboxylic acids is 6. The number of rotatable bonds is 16. The minimum atomic E-state index is -3.92. The van der Waals surface area contributed by atoms with Gasteiger partial charge in [-0.15, -0.1) is 6.58 Å². The lowest BCUT2D eigenvalue weighted by Crippen LogP contribution is -2.46. The zero-order valence-corrected chi connectivity index (χ0v) is 32.4. The van der Waals surface area contributed by atoms with Crippen LogP contribution in [0.2, 0.25) is 0 Å². The van der Waals surface area contributed by atoms with Gasteiger partial charge in [-0.2, -0.15) is 0 Å². The third-order valence-corrected chi connectivity index (χ3v) is 12.8. The highest BCUT2D eigenvalue weighted by Gasteiger charge is 2.61. The van der Waals surface area contributed by atoms with Crippen molar-refractivity contribution in [1.29, 1.82) is 0 Å². The Morgan fingerprint density at radius 2 is 1.82 bits per heavy atom.